The smallest absolute Gasteiger partial charge is 0.321 e. The highest BCUT2D eigenvalue weighted by atomic mass is 35.5. The van der Waals surface area contributed by atoms with Crippen LogP contribution in [0.5, 0.6) is 0 Å². The molecular formula is C14H27ClN4O2. The molecule has 122 valence electrons. The number of carbonyl (C=O) groups is 2. The van der Waals surface area contributed by atoms with E-state index in [4.69, 9.17) is 5.73 Å². The van der Waals surface area contributed by atoms with Crippen LogP contribution in [0.4, 0.5) is 4.79 Å². The predicted molar refractivity (Wildman–Crippen MR) is 84.4 cm³/mol. The maximum atomic E-state index is 12.1. The average molecular weight is 319 g/mol. The Morgan fingerprint density at radius 3 is 2.43 bits per heavy atom. The summed E-state index contributed by atoms with van der Waals surface area (Å²) in [5.41, 5.74) is 6.09. The summed E-state index contributed by atoms with van der Waals surface area (Å²) in [6.07, 6.45) is 2.89. The quantitative estimate of drug-likeness (QED) is 0.719. The summed E-state index contributed by atoms with van der Waals surface area (Å²) < 4.78 is 0. The largest absolute Gasteiger partial charge is 0.335 e. The van der Waals surface area contributed by atoms with E-state index < -0.39 is 0 Å². The molecule has 2 atom stereocenters. The molecule has 0 radical (unpaired) electrons. The van der Waals surface area contributed by atoms with Gasteiger partial charge in [-0.15, -0.1) is 12.4 Å². The lowest BCUT2D eigenvalue weighted by atomic mass is 9.79. The van der Waals surface area contributed by atoms with E-state index in [-0.39, 0.29) is 47.9 Å². The zero-order valence-corrected chi connectivity index (χ0v) is 13.8. The van der Waals surface area contributed by atoms with Crippen molar-refractivity contribution in [3.8, 4) is 0 Å². The molecule has 1 aliphatic carbocycles. The second-order valence-corrected chi connectivity index (χ2v) is 6.77. The van der Waals surface area contributed by atoms with Crippen LogP contribution in [0.15, 0.2) is 0 Å². The molecule has 6 nitrogen and oxygen atoms in total. The van der Waals surface area contributed by atoms with Crippen LogP contribution in [0.1, 0.15) is 40.0 Å². The van der Waals surface area contributed by atoms with Gasteiger partial charge < -0.3 is 11.1 Å². The van der Waals surface area contributed by atoms with Crippen LogP contribution in [0.25, 0.3) is 0 Å². The number of urea groups is 1. The van der Waals surface area contributed by atoms with Crippen molar-refractivity contribution in [2.45, 2.75) is 58.2 Å². The van der Waals surface area contributed by atoms with Gasteiger partial charge in [0.25, 0.3) is 0 Å². The minimum absolute atomic E-state index is 0. The molecule has 0 bridgehead atoms. The Morgan fingerprint density at radius 1 is 1.29 bits per heavy atom. The zero-order valence-electron chi connectivity index (χ0n) is 13.0. The van der Waals surface area contributed by atoms with Crippen molar-refractivity contribution >= 4 is 24.3 Å². The molecule has 1 saturated heterocycles. The van der Waals surface area contributed by atoms with Crippen LogP contribution in [0.2, 0.25) is 0 Å². The van der Waals surface area contributed by atoms with Gasteiger partial charge in [-0.2, -0.15) is 0 Å². The van der Waals surface area contributed by atoms with Gasteiger partial charge in [-0.1, -0.05) is 13.8 Å². The van der Waals surface area contributed by atoms with Crippen molar-refractivity contribution < 1.29 is 9.59 Å². The van der Waals surface area contributed by atoms with Crippen LogP contribution in [0.3, 0.4) is 0 Å². The van der Waals surface area contributed by atoms with Crippen LogP contribution in [0, 0.1) is 5.41 Å². The van der Waals surface area contributed by atoms with E-state index in [1.54, 1.807) is 0 Å². The second-order valence-electron chi connectivity index (χ2n) is 6.77. The van der Waals surface area contributed by atoms with Crippen molar-refractivity contribution in [2.24, 2.45) is 11.1 Å². The molecule has 0 aromatic carbocycles. The number of nitrogens with zero attached hydrogens (tertiary/aromatic N) is 1. The number of likely N-dealkylation sites (tertiary alicyclic amines) is 1. The minimum Gasteiger partial charge on any atom is -0.335 e. The molecule has 2 unspecified atom stereocenters. The minimum atomic E-state index is -0.377. The van der Waals surface area contributed by atoms with E-state index in [9.17, 15) is 9.59 Å². The highest BCUT2D eigenvalue weighted by molar-refractivity contribution is 5.97. The van der Waals surface area contributed by atoms with Crippen LogP contribution < -0.4 is 16.4 Å². The van der Waals surface area contributed by atoms with Crippen LogP contribution in [-0.2, 0) is 4.79 Å². The van der Waals surface area contributed by atoms with Crippen molar-refractivity contribution in [1.29, 1.82) is 0 Å². The van der Waals surface area contributed by atoms with E-state index >= 15 is 0 Å². The molecule has 4 N–H and O–H groups in total. The Balaban J connectivity index is 0.00000220. The van der Waals surface area contributed by atoms with E-state index in [2.05, 4.69) is 29.4 Å². The summed E-state index contributed by atoms with van der Waals surface area (Å²) in [6, 6.07) is -0.277. The van der Waals surface area contributed by atoms with Gasteiger partial charge in [-0.25, -0.2) is 4.79 Å². The van der Waals surface area contributed by atoms with Gasteiger partial charge in [0, 0.05) is 25.2 Å². The number of halogens is 1. The molecule has 2 fully saturated rings. The van der Waals surface area contributed by atoms with Gasteiger partial charge in [0.2, 0.25) is 5.91 Å². The maximum absolute atomic E-state index is 12.1. The fourth-order valence-electron chi connectivity index (χ4n) is 2.58. The average Bonchev–Trinajstić information content (AvgIpc) is 3.15. The molecule has 7 heteroatoms. The molecule has 0 spiro atoms. The molecule has 1 aliphatic heterocycles. The SMILES string of the molecule is CC(C(=O)NC(=O)NC1CC1)N1CCC(N)C(C)(C)C1.Cl. The summed E-state index contributed by atoms with van der Waals surface area (Å²) in [5.74, 6) is -0.241. The molecule has 0 aromatic heterocycles. The first-order valence-corrected chi connectivity index (χ1v) is 7.40. The van der Waals surface area contributed by atoms with E-state index in [0.29, 0.717) is 0 Å². The number of nitrogens with one attached hydrogen (secondary N) is 2. The van der Waals surface area contributed by atoms with E-state index in [1.807, 2.05) is 6.92 Å². The number of piperidine rings is 1. The first-order valence-electron chi connectivity index (χ1n) is 7.40. The van der Waals surface area contributed by atoms with E-state index in [0.717, 1.165) is 32.4 Å². The zero-order chi connectivity index (χ0) is 14.9. The van der Waals surface area contributed by atoms with Gasteiger partial charge in [-0.05, 0) is 31.6 Å². The molecule has 2 rings (SSSR count). The fourth-order valence-corrected chi connectivity index (χ4v) is 2.58. The number of nitrogens with two attached hydrogens (primary N) is 1. The fraction of sp³-hybridized carbons (Fsp3) is 0.857. The maximum Gasteiger partial charge on any atom is 0.321 e. The monoisotopic (exact) mass is 318 g/mol. The second kappa shape index (κ2) is 6.94. The topological polar surface area (TPSA) is 87.5 Å². The Kier molecular flexibility index (Phi) is 6.01. The first-order chi connectivity index (χ1) is 9.29. The number of carbonyl (C=O) groups excluding carboxylic acids is 2. The Morgan fingerprint density at radius 2 is 1.90 bits per heavy atom. The Hall–Kier alpha value is -0.850. The highest BCUT2D eigenvalue weighted by Crippen LogP contribution is 2.28. The first kappa shape index (κ1) is 18.2. The normalized spacial score (nSPS) is 26.4. The van der Waals surface area contributed by atoms with Gasteiger partial charge in [0.05, 0.1) is 6.04 Å². The third-order valence-electron chi connectivity index (χ3n) is 4.42. The Labute approximate surface area is 132 Å². The molecule has 2 aliphatic rings. The number of rotatable bonds is 3. The number of hydrogen-bond acceptors (Lipinski definition) is 4. The number of amides is 3. The third kappa shape index (κ3) is 4.83. The summed E-state index contributed by atoms with van der Waals surface area (Å²) in [4.78, 5) is 25.8. The van der Waals surface area contributed by atoms with Crippen LogP contribution in [-0.4, -0.2) is 48.1 Å². The summed E-state index contributed by atoms with van der Waals surface area (Å²) in [5, 5.41) is 5.18. The lowest BCUT2D eigenvalue weighted by molar-refractivity contribution is -0.126. The Bertz CT molecular complexity index is 398. The molecule has 0 aromatic rings. The summed E-state index contributed by atoms with van der Waals surface area (Å²) in [7, 11) is 0. The van der Waals surface area contributed by atoms with E-state index in [1.165, 1.54) is 0 Å². The highest BCUT2D eigenvalue weighted by Gasteiger charge is 2.37. The lowest BCUT2D eigenvalue weighted by Crippen LogP contribution is -2.58. The van der Waals surface area contributed by atoms with Crippen molar-refractivity contribution in [3.63, 3.8) is 0 Å². The molecular weight excluding hydrogens is 292 g/mol. The third-order valence-corrected chi connectivity index (χ3v) is 4.42. The summed E-state index contributed by atoms with van der Waals surface area (Å²) >= 11 is 0. The summed E-state index contributed by atoms with van der Waals surface area (Å²) in [6.45, 7) is 7.64. The van der Waals surface area contributed by atoms with Gasteiger partial charge in [0.1, 0.15) is 0 Å². The molecule has 3 amide bonds. The lowest BCUT2D eigenvalue weighted by Gasteiger charge is -2.44. The van der Waals surface area contributed by atoms with Gasteiger partial charge >= 0.3 is 6.03 Å². The molecule has 1 saturated carbocycles. The van der Waals surface area contributed by atoms with Gasteiger partial charge in [-0.3, -0.25) is 15.0 Å². The molecule has 21 heavy (non-hydrogen) atoms. The van der Waals surface area contributed by atoms with Crippen molar-refractivity contribution in [1.82, 2.24) is 15.5 Å². The van der Waals surface area contributed by atoms with Gasteiger partial charge in [0.15, 0.2) is 0 Å². The predicted octanol–water partition coefficient (Wildman–Crippen LogP) is 0.844. The van der Waals surface area contributed by atoms with Crippen molar-refractivity contribution in [3.05, 3.63) is 0 Å². The molecule has 1 heterocycles. The van der Waals surface area contributed by atoms with Crippen LogP contribution >= 0.6 is 12.4 Å². The number of imide groups is 1. The number of hydrogen-bond donors (Lipinski definition) is 3. The van der Waals surface area contributed by atoms with Crippen molar-refractivity contribution in [2.75, 3.05) is 13.1 Å². The standard InChI is InChI=1S/C14H26N4O2.ClH/c1-9(12(19)17-13(20)16-10-4-5-10)18-7-6-11(15)14(2,3)8-18;/h9-11H,4-8,15H2,1-3H3,(H2,16,17,19,20);1H.